The van der Waals surface area contributed by atoms with Gasteiger partial charge in [-0.25, -0.2) is 4.79 Å². The minimum Gasteiger partial charge on any atom is -0.490 e. The molecule has 0 saturated heterocycles. The number of carbonyl (C=O) groups excluding carboxylic acids is 1. The number of rotatable bonds is 8. The number of ether oxygens (including phenoxy) is 2. The normalized spacial score (nSPS) is 11.0. The van der Waals surface area contributed by atoms with Crippen molar-refractivity contribution < 1.29 is 14.3 Å². The van der Waals surface area contributed by atoms with Crippen molar-refractivity contribution in [2.45, 2.75) is 40.5 Å². The molecule has 0 fully saturated rings. The maximum Gasteiger partial charge on any atom is 0.330 e. The first kappa shape index (κ1) is 18.0. The van der Waals surface area contributed by atoms with Crippen LogP contribution in [0.5, 0.6) is 5.75 Å². The van der Waals surface area contributed by atoms with Gasteiger partial charge in [0.15, 0.2) is 0 Å². The fourth-order valence-electron chi connectivity index (χ4n) is 1.86. The summed E-state index contributed by atoms with van der Waals surface area (Å²) in [5.41, 5.74) is 3.51. The lowest BCUT2D eigenvalue weighted by atomic mass is 10.1. The standard InChI is InChI=1S/C19H26O3/c1-5-21-19(20)14-16(4)6-7-17-8-10-18(11-9-17)22-13-12-15(2)3/h8-12,14H,5-7,13H2,1-4H3. The minimum atomic E-state index is -0.261. The lowest BCUT2D eigenvalue weighted by Crippen LogP contribution is -2.00. The van der Waals surface area contributed by atoms with E-state index in [1.807, 2.05) is 26.0 Å². The number of aryl methyl sites for hydroxylation is 1. The van der Waals surface area contributed by atoms with Gasteiger partial charge in [0.05, 0.1) is 6.61 Å². The van der Waals surface area contributed by atoms with Crippen molar-refractivity contribution in [2.24, 2.45) is 0 Å². The Bertz CT molecular complexity index is 520. The summed E-state index contributed by atoms with van der Waals surface area (Å²) < 4.78 is 10.5. The highest BCUT2D eigenvalue weighted by Crippen LogP contribution is 2.15. The number of allylic oxidation sites excluding steroid dienone is 2. The van der Waals surface area contributed by atoms with E-state index in [4.69, 9.17) is 9.47 Å². The van der Waals surface area contributed by atoms with Crippen LogP contribution in [0.25, 0.3) is 0 Å². The first-order valence-electron chi connectivity index (χ1n) is 7.70. The molecule has 0 spiro atoms. The third kappa shape index (κ3) is 7.67. The van der Waals surface area contributed by atoms with Crippen LogP contribution in [0.1, 0.15) is 39.7 Å². The second kappa shape index (κ2) is 9.82. The van der Waals surface area contributed by atoms with Gasteiger partial charge in [-0.3, -0.25) is 0 Å². The van der Waals surface area contributed by atoms with Crippen LogP contribution in [0.2, 0.25) is 0 Å². The summed E-state index contributed by atoms with van der Waals surface area (Å²) in [6, 6.07) is 8.10. The van der Waals surface area contributed by atoms with Gasteiger partial charge in [-0.15, -0.1) is 0 Å². The molecule has 1 aromatic carbocycles. The summed E-state index contributed by atoms with van der Waals surface area (Å²) in [4.78, 5) is 11.3. The summed E-state index contributed by atoms with van der Waals surface area (Å²) >= 11 is 0. The Hall–Kier alpha value is -2.03. The van der Waals surface area contributed by atoms with Crippen LogP contribution in [0, 0.1) is 0 Å². The van der Waals surface area contributed by atoms with E-state index in [2.05, 4.69) is 32.1 Å². The highest BCUT2D eigenvalue weighted by molar-refractivity contribution is 5.82. The molecule has 0 aliphatic rings. The van der Waals surface area contributed by atoms with Crippen molar-refractivity contribution >= 4 is 5.97 Å². The molecular weight excluding hydrogens is 276 g/mol. The van der Waals surface area contributed by atoms with Gasteiger partial charge in [-0.1, -0.05) is 23.3 Å². The Morgan fingerprint density at radius 2 is 1.82 bits per heavy atom. The Kier molecular flexibility index (Phi) is 8.05. The molecule has 0 atom stereocenters. The van der Waals surface area contributed by atoms with E-state index >= 15 is 0 Å². The molecule has 0 aliphatic heterocycles. The van der Waals surface area contributed by atoms with Crippen molar-refractivity contribution in [2.75, 3.05) is 13.2 Å². The largest absolute Gasteiger partial charge is 0.490 e. The smallest absolute Gasteiger partial charge is 0.330 e. The zero-order chi connectivity index (χ0) is 16.4. The predicted molar refractivity (Wildman–Crippen MR) is 90.1 cm³/mol. The Labute approximate surface area is 133 Å². The Balaban J connectivity index is 2.44. The quantitative estimate of drug-likeness (QED) is 0.404. The highest BCUT2D eigenvalue weighted by atomic mass is 16.5. The van der Waals surface area contributed by atoms with Gasteiger partial charge in [0.1, 0.15) is 12.4 Å². The maximum atomic E-state index is 11.3. The number of carbonyl (C=O) groups is 1. The topological polar surface area (TPSA) is 35.5 Å². The molecule has 0 unspecified atom stereocenters. The third-order valence-electron chi connectivity index (χ3n) is 3.12. The first-order chi connectivity index (χ1) is 10.5. The molecule has 0 aliphatic carbocycles. The molecule has 3 nitrogen and oxygen atoms in total. The van der Waals surface area contributed by atoms with E-state index in [0.717, 1.165) is 24.2 Å². The predicted octanol–water partition coefficient (Wildman–Crippen LogP) is 4.47. The molecule has 0 bridgehead atoms. The van der Waals surface area contributed by atoms with Gasteiger partial charge in [-0.2, -0.15) is 0 Å². The zero-order valence-corrected chi connectivity index (χ0v) is 14.0. The average molecular weight is 302 g/mol. The van der Waals surface area contributed by atoms with Crippen molar-refractivity contribution in [1.82, 2.24) is 0 Å². The van der Waals surface area contributed by atoms with Crippen molar-refractivity contribution in [3.63, 3.8) is 0 Å². The maximum absolute atomic E-state index is 11.3. The molecule has 0 radical (unpaired) electrons. The number of benzene rings is 1. The van der Waals surface area contributed by atoms with Crippen LogP contribution >= 0.6 is 0 Å². The Morgan fingerprint density at radius 1 is 1.14 bits per heavy atom. The Morgan fingerprint density at radius 3 is 2.41 bits per heavy atom. The van der Waals surface area contributed by atoms with Crippen molar-refractivity contribution in [3.05, 3.63) is 53.1 Å². The third-order valence-corrected chi connectivity index (χ3v) is 3.12. The molecule has 0 heterocycles. The number of hydrogen-bond acceptors (Lipinski definition) is 3. The van der Waals surface area contributed by atoms with Gasteiger partial charge >= 0.3 is 5.97 Å². The zero-order valence-electron chi connectivity index (χ0n) is 14.0. The lowest BCUT2D eigenvalue weighted by Gasteiger charge is -2.06. The number of hydrogen-bond donors (Lipinski definition) is 0. The van der Waals surface area contributed by atoms with E-state index in [1.54, 1.807) is 6.08 Å². The van der Waals surface area contributed by atoms with E-state index in [9.17, 15) is 4.79 Å². The SMILES string of the molecule is CCOC(=O)C=C(C)CCc1ccc(OCC=C(C)C)cc1. The summed E-state index contributed by atoms with van der Waals surface area (Å²) in [5.74, 6) is 0.614. The van der Waals surface area contributed by atoms with E-state index in [-0.39, 0.29) is 5.97 Å². The fourth-order valence-corrected chi connectivity index (χ4v) is 1.86. The molecule has 0 N–H and O–H groups in total. The second-order valence-corrected chi connectivity index (χ2v) is 5.48. The van der Waals surface area contributed by atoms with Gasteiger partial charge in [-0.05, 0) is 64.3 Å². The molecule has 22 heavy (non-hydrogen) atoms. The molecule has 0 aromatic heterocycles. The van der Waals surface area contributed by atoms with Crippen LogP contribution < -0.4 is 4.74 Å². The van der Waals surface area contributed by atoms with Gasteiger partial charge in [0, 0.05) is 6.08 Å². The molecule has 0 saturated carbocycles. The molecule has 3 heteroatoms. The van der Waals surface area contributed by atoms with Gasteiger partial charge in [0.2, 0.25) is 0 Å². The minimum absolute atomic E-state index is 0.261. The molecule has 1 rings (SSSR count). The molecule has 1 aromatic rings. The average Bonchev–Trinajstić information content (AvgIpc) is 2.46. The van der Waals surface area contributed by atoms with Crippen LogP contribution in [0.3, 0.4) is 0 Å². The van der Waals surface area contributed by atoms with Gasteiger partial charge < -0.3 is 9.47 Å². The molecule has 120 valence electrons. The van der Waals surface area contributed by atoms with Gasteiger partial charge in [0.25, 0.3) is 0 Å². The molecule has 0 amide bonds. The summed E-state index contributed by atoms with van der Waals surface area (Å²) in [5, 5.41) is 0. The monoisotopic (exact) mass is 302 g/mol. The molecular formula is C19H26O3. The van der Waals surface area contributed by atoms with Crippen LogP contribution in [-0.2, 0) is 16.0 Å². The fraction of sp³-hybridized carbons (Fsp3) is 0.421. The first-order valence-corrected chi connectivity index (χ1v) is 7.70. The summed E-state index contributed by atoms with van der Waals surface area (Å²) in [6.07, 6.45) is 5.37. The lowest BCUT2D eigenvalue weighted by molar-refractivity contribution is -0.137. The summed E-state index contributed by atoms with van der Waals surface area (Å²) in [7, 11) is 0. The second-order valence-electron chi connectivity index (χ2n) is 5.48. The van der Waals surface area contributed by atoms with Crippen LogP contribution in [0.15, 0.2) is 47.6 Å². The van der Waals surface area contributed by atoms with Crippen LogP contribution in [-0.4, -0.2) is 19.2 Å². The highest BCUT2D eigenvalue weighted by Gasteiger charge is 2.00. The number of esters is 1. The van der Waals surface area contributed by atoms with Crippen molar-refractivity contribution in [3.8, 4) is 5.75 Å². The van der Waals surface area contributed by atoms with E-state index in [1.165, 1.54) is 11.1 Å². The van der Waals surface area contributed by atoms with E-state index < -0.39 is 0 Å². The van der Waals surface area contributed by atoms with Crippen LogP contribution in [0.4, 0.5) is 0 Å². The van der Waals surface area contributed by atoms with Crippen molar-refractivity contribution in [1.29, 1.82) is 0 Å². The summed E-state index contributed by atoms with van der Waals surface area (Å²) in [6.45, 7) is 8.88. The van der Waals surface area contributed by atoms with E-state index in [0.29, 0.717) is 13.2 Å².